The zero-order valence-electron chi connectivity index (χ0n) is 8.96. The Balaban J connectivity index is 2.37. The van der Waals surface area contributed by atoms with Gasteiger partial charge in [-0.15, -0.1) is 0 Å². The summed E-state index contributed by atoms with van der Waals surface area (Å²) in [6.45, 7) is 0.370. The molecule has 0 unspecified atom stereocenters. The van der Waals surface area contributed by atoms with Gasteiger partial charge in [-0.05, 0) is 18.2 Å². The topological polar surface area (TPSA) is 64.9 Å². The average molecular weight is 256 g/mol. The highest BCUT2D eigenvalue weighted by Gasteiger charge is 2.03. The predicted octanol–water partition coefficient (Wildman–Crippen LogP) is 1.92. The summed E-state index contributed by atoms with van der Waals surface area (Å²) in [5, 5.41) is 13.6. The molecule has 0 aliphatic heterocycles. The summed E-state index contributed by atoms with van der Waals surface area (Å²) in [7, 11) is 0. The van der Waals surface area contributed by atoms with Crippen LogP contribution in [0.5, 0.6) is 0 Å². The zero-order valence-corrected chi connectivity index (χ0v) is 9.72. The molecule has 0 saturated heterocycles. The SMILES string of the molecule is N#CCCNC(=O)CNc1ccc(F)c(Cl)c1. The summed E-state index contributed by atoms with van der Waals surface area (Å²) in [5.74, 6) is -0.739. The summed E-state index contributed by atoms with van der Waals surface area (Å²) in [4.78, 5) is 11.3. The van der Waals surface area contributed by atoms with Gasteiger partial charge >= 0.3 is 0 Å². The van der Waals surface area contributed by atoms with Crippen LogP contribution in [-0.2, 0) is 4.79 Å². The molecule has 6 heteroatoms. The van der Waals surface area contributed by atoms with E-state index in [-0.39, 0.29) is 23.9 Å². The molecule has 17 heavy (non-hydrogen) atoms. The third-order valence-electron chi connectivity index (χ3n) is 1.93. The van der Waals surface area contributed by atoms with Gasteiger partial charge in [-0.3, -0.25) is 4.79 Å². The van der Waals surface area contributed by atoms with E-state index in [2.05, 4.69) is 10.6 Å². The molecule has 1 aromatic rings. The van der Waals surface area contributed by atoms with Crippen molar-refractivity contribution < 1.29 is 9.18 Å². The van der Waals surface area contributed by atoms with E-state index in [1.54, 1.807) is 0 Å². The molecule has 1 rings (SSSR count). The van der Waals surface area contributed by atoms with E-state index < -0.39 is 5.82 Å². The highest BCUT2D eigenvalue weighted by Crippen LogP contribution is 2.18. The molecule has 0 spiro atoms. The van der Waals surface area contributed by atoms with Crippen molar-refractivity contribution in [2.24, 2.45) is 0 Å². The van der Waals surface area contributed by atoms with Crippen LogP contribution in [0.2, 0.25) is 5.02 Å². The number of amides is 1. The maximum absolute atomic E-state index is 12.8. The van der Waals surface area contributed by atoms with Crippen molar-refractivity contribution in [3.05, 3.63) is 29.0 Å². The molecule has 0 bridgehead atoms. The minimum atomic E-state index is -0.504. The van der Waals surface area contributed by atoms with Gasteiger partial charge in [-0.2, -0.15) is 5.26 Å². The normalized spacial score (nSPS) is 9.47. The molecular weight excluding hydrogens is 245 g/mol. The Labute approximate surface area is 103 Å². The number of carbonyl (C=O) groups excluding carboxylic acids is 1. The fraction of sp³-hybridized carbons (Fsp3) is 0.273. The van der Waals surface area contributed by atoms with E-state index in [1.165, 1.54) is 18.2 Å². The van der Waals surface area contributed by atoms with Crippen molar-refractivity contribution in [2.75, 3.05) is 18.4 Å². The van der Waals surface area contributed by atoms with Crippen LogP contribution in [0.4, 0.5) is 10.1 Å². The maximum Gasteiger partial charge on any atom is 0.239 e. The Kier molecular flexibility index (Phi) is 5.24. The number of hydrogen-bond acceptors (Lipinski definition) is 3. The van der Waals surface area contributed by atoms with Crippen LogP contribution in [0, 0.1) is 17.1 Å². The van der Waals surface area contributed by atoms with Gasteiger partial charge in [0.25, 0.3) is 0 Å². The standard InChI is InChI=1S/C11H11ClFN3O/c12-9-6-8(2-3-10(9)13)16-7-11(17)15-5-1-4-14/h2-3,6,16H,1,5,7H2,(H,15,17). The van der Waals surface area contributed by atoms with Crippen LogP contribution >= 0.6 is 11.6 Å². The van der Waals surface area contributed by atoms with Gasteiger partial charge in [0.15, 0.2) is 0 Å². The molecule has 4 nitrogen and oxygen atoms in total. The molecule has 0 atom stereocenters. The number of nitriles is 1. The Bertz CT molecular complexity index is 445. The van der Waals surface area contributed by atoms with Crippen LogP contribution in [0.15, 0.2) is 18.2 Å². The maximum atomic E-state index is 12.8. The Morgan fingerprint density at radius 1 is 1.53 bits per heavy atom. The van der Waals surface area contributed by atoms with E-state index in [0.29, 0.717) is 12.2 Å². The fourth-order valence-corrected chi connectivity index (χ4v) is 1.29. The van der Waals surface area contributed by atoms with Crippen LogP contribution in [0.25, 0.3) is 0 Å². The Morgan fingerprint density at radius 2 is 2.29 bits per heavy atom. The van der Waals surface area contributed by atoms with Gasteiger partial charge in [-0.1, -0.05) is 11.6 Å². The first-order chi connectivity index (χ1) is 8.13. The lowest BCUT2D eigenvalue weighted by molar-refractivity contribution is -0.119. The minimum absolute atomic E-state index is 0.000103. The van der Waals surface area contributed by atoms with Crippen molar-refractivity contribution in [1.82, 2.24) is 5.32 Å². The molecule has 0 heterocycles. The number of anilines is 1. The van der Waals surface area contributed by atoms with E-state index in [0.717, 1.165) is 0 Å². The van der Waals surface area contributed by atoms with Crippen molar-refractivity contribution in [3.8, 4) is 6.07 Å². The molecule has 0 radical (unpaired) electrons. The molecular formula is C11H11ClFN3O. The first-order valence-corrected chi connectivity index (χ1v) is 5.34. The first kappa shape index (κ1) is 13.3. The second-order valence-electron chi connectivity index (χ2n) is 3.24. The van der Waals surface area contributed by atoms with Gasteiger partial charge in [0.1, 0.15) is 5.82 Å². The van der Waals surface area contributed by atoms with E-state index in [1.807, 2.05) is 6.07 Å². The van der Waals surface area contributed by atoms with E-state index in [9.17, 15) is 9.18 Å². The Morgan fingerprint density at radius 3 is 2.94 bits per heavy atom. The van der Waals surface area contributed by atoms with Gasteiger partial charge in [0, 0.05) is 12.2 Å². The van der Waals surface area contributed by atoms with Gasteiger partial charge < -0.3 is 10.6 Å². The lowest BCUT2D eigenvalue weighted by Gasteiger charge is -2.07. The van der Waals surface area contributed by atoms with Crippen molar-refractivity contribution in [1.29, 1.82) is 5.26 Å². The van der Waals surface area contributed by atoms with Gasteiger partial charge in [-0.25, -0.2) is 4.39 Å². The number of benzene rings is 1. The lowest BCUT2D eigenvalue weighted by atomic mass is 10.3. The fourth-order valence-electron chi connectivity index (χ4n) is 1.11. The second kappa shape index (κ2) is 6.71. The van der Waals surface area contributed by atoms with E-state index in [4.69, 9.17) is 16.9 Å². The number of nitrogens with zero attached hydrogens (tertiary/aromatic N) is 1. The van der Waals surface area contributed by atoms with Crippen LogP contribution in [-0.4, -0.2) is 19.0 Å². The molecule has 90 valence electrons. The summed E-state index contributed by atoms with van der Waals surface area (Å²) in [5.41, 5.74) is 0.562. The summed E-state index contributed by atoms with van der Waals surface area (Å²) < 4.78 is 12.8. The monoisotopic (exact) mass is 255 g/mol. The highest BCUT2D eigenvalue weighted by atomic mass is 35.5. The molecule has 1 amide bonds. The minimum Gasteiger partial charge on any atom is -0.376 e. The molecule has 0 aliphatic rings. The molecule has 0 saturated carbocycles. The molecule has 1 aromatic carbocycles. The molecule has 0 fully saturated rings. The van der Waals surface area contributed by atoms with Crippen molar-refractivity contribution in [3.63, 3.8) is 0 Å². The van der Waals surface area contributed by atoms with Crippen LogP contribution in [0.1, 0.15) is 6.42 Å². The van der Waals surface area contributed by atoms with Crippen molar-refractivity contribution >= 4 is 23.2 Å². The quantitative estimate of drug-likeness (QED) is 0.790. The molecule has 0 aliphatic carbocycles. The van der Waals surface area contributed by atoms with Crippen LogP contribution in [0.3, 0.4) is 0 Å². The predicted molar refractivity (Wildman–Crippen MR) is 63.1 cm³/mol. The highest BCUT2D eigenvalue weighted by molar-refractivity contribution is 6.31. The third kappa shape index (κ3) is 4.70. The van der Waals surface area contributed by atoms with Crippen molar-refractivity contribution in [2.45, 2.75) is 6.42 Å². The average Bonchev–Trinajstić information content (AvgIpc) is 2.31. The first-order valence-electron chi connectivity index (χ1n) is 4.96. The number of hydrogen-bond donors (Lipinski definition) is 2. The third-order valence-corrected chi connectivity index (χ3v) is 2.22. The van der Waals surface area contributed by atoms with Crippen LogP contribution < -0.4 is 10.6 Å². The summed E-state index contributed by atoms with van der Waals surface area (Å²) >= 11 is 5.58. The largest absolute Gasteiger partial charge is 0.376 e. The molecule has 0 aromatic heterocycles. The molecule has 2 N–H and O–H groups in total. The number of carbonyl (C=O) groups is 1. The van der Waals surface area contributed by atoms with Gasteiger partial charge in [0.2, 0.25) is 5.91 Å². The van der Waals surface area contributed by atoms with E-state index >= 15 is 0 Å². The summed E-state index contributed by atoms with van der Waals surface area (Å²) in [6.07, 6.45) is 0.272. The summed E-state index contributed by atoms with van der Waals surface area (Å²) in [6, 6.07) is 6.03. The lowest BCUT2D eigenvalue weighted by Crippen LogP contribution is -2.30. The zero-order chi connectivity index (χ0) is 12.7. The second-order valence-corrected chi connectivity index (χ2v) is 3.65. The van der Waals surface area contributed by atoms with Gasteiger partial charge in [0.05, 0.1) is 24.1 Å². The number of rotatable bonds is 5. The smallest absolute Gasteiger partial charge is 0.239 e. The Hall–Kier alpha value is -1.80. The number of nitrogens with one attached hydrogen (secondary N) is 2. The number of halogens is 2.